The third-order valence-electron chi connectivity index (χ3n) is 2.68. The van der Waals surface area contributed by atoms with Gasteiger partial charge in [-0.15, -0.1) is 5.10 Å². The van der Waals surface area contributed by atoms with Crippen LogP contribution in [-0.4, -0.2) is 26.5 Å². The molecular weight excluding hydrogens is 280 g/mol. The van der Waals surface area contributed by atoms with Gasteiger partial charge in [0.05, 0.1) is 10.7 Å². The van der Waals surface area contributed by atoms with Crippen molar-refractivity contribution >= 4 is 34.6 Å². The first kappa shape index (κ1) is 16.0. The number of carbonyl (C=O) groups excluding carboxylic acids is 1. The van der Waals surface area contributed by atoms with Crippen molar-refractivity contribution in [3.8, 4) is 0 Å². The van der Waals surface area contributed by atoms with Crippen LogP contribution in [0.15, 0.2) is 0 Å². The lowest BCUT2D eigenvalue weighted by atomic mass is 9.91. The molecule has 0 aliphatic heterocycles. The van der Waals surface area contributed by atoms with E-state index in [4.69, 9.17) is 18.0 Å². The number of nitrogens with zero attached hydrogens (tertiary/aromatic N) is 2. The average Bonchev–Trinajstić information content (AvgIpc) is 2.75. The Balaban J connectivity index is 2.84. The first-order valence-corrected chi connectivity index (χ1v) is 7.35. The molecule has 0 bridgehead atoms. The molecule has 0 spiro atoms. The molecule has 106 valence electrons. The molecule has 0 fully saturated rings. The van der Waals surface area contributed by atoms with E-state index in [1.54, 1.807) is 0 Å². The fourth-order valence-corrected chi connectivity index (χ4v) is 2.60. The Kier molecular flexibility index (Phi) is 5.37. The molecule has 1 amide bonds. The Hall–Kier alpha value is -1.08. The second-order valence-corrected chi connectivity index (χ2v) is 6.73. The van der Waals surface area contributed by atoms with Crippen molar-refractivity contribution in [2.24, 2.45) is 5.73 Å². The summed E-state index contributed by atoms with van der Waals surface area (Å²) in [7, 11) is 0. The quantitative estimate of drug-likeness (QED) is 0.813. The van der Waals surface area contributed by atoms with Crippen LogP contribution in [-0.2, 0) is 5.41 Å². The van der Waals surface area contributed by atoms with E-state index in [0.29, 0.717) is 16.3 Å². The molecule has 1 aromatic rings. The lowest BCUT2D eigenvalue weighted by molar-refractivity contribution is 0.0939. The second-order valence-electron chi connectivity index (χ2n) is 5.45. The predicted octanol–water partition coefficient (Wildman–Crippen LogP) is 2.02. The Morgan fingerprint density at radius 2 is 2.16 bits per heavy atom. The summed E-state index contributed by atoms with van der Waals surface area (Å²) >= 11 is 6.00. The summed E-state index contributed by atoms with van der Waals surface area (Å²) < 4.78 is 3.88. The summed E-state index contributed by atoms with van der Waals surface area (Å²) in [4.78, 5) is 13.2. The molecule has 0 aliphatic rings. The van der Waals surface area contributed by atoms with Crippen molar-refractivity contribution in [3.05, 3.63) is 10.6 Å². The Labute approximate surface area is 123 Å². The first-order valence-electron chi connectivity index (χ1n) is 6.17. The number of thiocarbonyl (C=S) groups is 1. The largest absolute Gasteiger partial charge is 0.393 e. The molecule has 1 atom stereocenters. The smallest absolute Gasteiger partial charge is 0.265 e. The molecule has 3 N–H and O–H groups in total. The lowest BCUT2D eigenvalue weighted by Crippen LogP contribution is -2.37. The normalized spacial score (nSPS) is 13.1. The molecule has 0 aliphatic carbocycles. The molecule has 0 radical (unpaired) electrons. The van der Waals surface area contributed by atoms with Crippen LogP contribution >= 0.6 is 23.8 Å². The number of amides is 1. The fraction of sp³-hybridized carbons (Fsp3) is 0.667. The number of hydrogen-bond donors (Lipinski definition) is 2. The average molecular weight is 300 g/mol. The number of rotatable bonds is 5. The maximum absolute atomic E-state index is 12.3. The zero-order valence-electron chi connectivity index (χ0n) is 11.7. The maximum atomic E-state index is 12.3. The topological polar surface area (TPSA) is 80.9 Å². The van der Waals surface area contributed by atoms with Crippen molar-refractivity contribution in [1.82, 2.24) is 14.9 Å². The van der Waals surface area contributed by atoms with Crippen molar-refractivity contribution in [2.45, 2.75) is 52.0 Å². The highest BCUT2D eigenvalue weighted by Gasteiger charge is 2.27. The van der Waals surface area contributed by atoms with Crippen molar-refractivity contribution in [2.75, 3.05) is 0 Å². The summed E-state index contributed by atoms with van der Waals surface area (Å²) in [6.45, 7) is 8.01. The van der Waals surface area contributed by atoms with Crippen LogP contribution in [0.1, 0.15) is 55.9 Å². The van der Waals surface area contributed by atoms with Gasteiger partial charge in [0.1, 0.15) is 4.88 Å². The van der Waals surface area contributed by atoms with Gasteiger partial charge in [-0.05, 0) is 18.0 Å². The number of nitrogens with one attached hydrogen (secondary N) is 1. The molecule has 0 saturated heterocycles. The van der Waals surface area contributed by atoms with E-state index in [-0.39, 0.29) is 17.4 Å². The van der Waals surface area contributed by atoms with E-state index in [0.717, 1.165) is 23.6 Å². The van der Waals surface area contributed by atoms with Gasteiger partial charge in [0.25, 0.3) is 5.91 Å². The summed E-state index contributed by atoms with van der Waals surface area (Å²) in [6.07, 6.45) is 1.29. The number of hydrogen-bond acceptors (Lipinski definition) is 5. The van der Waals surface area contributed by atoms with Gasteiger partial charge >= 0.3 is 0 Å². The summed E-state index contributed by atoms with van der Waals surface area (Å²) in [5.74, 6) is -0.150. The molecule has 0 aromatic carbocycles. The number of nitrogens with two attached hydrogens (primary N) is 1. The molecule has 1 aromatic heterocycles. The molecule has 5 nitrogen and oxygen atoms in total. The summed E-state index contributed by atoms with van der Waals surface area (Å²) in [6, 6.07) is -0.0417. The van der Waals surface area contributed by atoms with Gasteiger partial charge in [-0.25, -0.2) is 0 Å². The van der Waals surface area contributed by atoms with Gasteiger partial charge in [-0.1, -0.05) is 44.4 Å². The lowest BCUT2D eigenvalue weighted by Gasteiger charge is -2.19. The van der Waals surface area contributed by atoms with Gasteiger partial charge < -0.3 is 11.1 Å². The van der Waals surface area contributed by atoms with Gasteiger partial charge in [-0.3, -0.25) is 4.79 Å². The van der Waals surface area contributed by atoms with Gasteiger partial charge in [-0.2, -0.15) is 0 Å². The highest BCUT2D eigenvalue weighted by Crippen LogP contribution is 2.25. The molecule has 0 saturated carbocycles. The van der Waals surface area contributed by atoms with Crippen molar-refractivity contribution in [3.63, 3.8) is 0 Å². The van der Waals surface area contributed by atoms with Crippen LogP contribution in [0, 0.1) is 0 Å². The highest BCUT2D eigenvalue weighted by molar-refractivity contribution is 7.80. The fourth-order valence-electron chi connectivity index (χ4n) is 1.62. The number of carbonyl (C=O) groups is 1. The second kappa shape index (κ2) is 6.38. The van der Waals surface area contributed by atoms with Crippen molar-refractivity contribution < 1.29 is 4.79 Å². The molecule has 7 heteroatoms. The number of aromatic nitrogens is 2. The first-order chi connectivity index (χ1) is 8.75. The molecular formula is C12H20N4OS2. The van der Waals surface area contributed by atoms with E-state index in [9.17, 15) is 4.79 Å². The predicted molar refractivity (Wildman–Crippen MR) is 81.6 cm³/mol. The minimum Gasteiger partial charge on any atom is -0.393 e. The monoisotopic (exact) mass is 300 g/mol. The maximum Gasteiger partial charge on any atom is 0.265 e. The van der Waals surface area contributed by atoms with Crippen LogP contribution < -0.4 is 11.1 Å². The molecule has 19 heavy (non-hydrogen) atoms. The van der Waals surface area contributed by atoms with Gasteiger partial charge in [0.15, 0.2) is 0 Å². The third kappa shape index (κ3) is 4.50. The van der Waals surface area contributed by atoms with Crippen LogP contribution in [0.5, 0.6) is 0 Å². The van der Waals surface area contributed by atoms with E-state index >= 15 is 0 Å². The molecule has 1 heterocycles. The van der Waals surface area contributed by atoms with E-state index < -0.39 is 0 Å². The Morgan fingerprint density at radius 3 is 2.63 bits per heavy atom. The minimum atomic E-state index is -0.204. The summed E-state index contributed by atoms with van der Waals surface area (Å²) in [5, 5.41) is 7.00. The third-order valence-corrected chi connectivity index (χ3v) is 3.57. The standard InChI is InChI=1S/C12H20N4OS2/c1-5-7(6-8(13)18)14-11(17)9-10(12(2,3)4)15-16-19-9/h7H,5-6H2,1-4H3,(H2,13,18)(H,14,17). The highest BCUT2D eigenvalue weighted by atomic mass is 32.1. The van der Waals surface area contributed by atoms with E-state index in [2.05, 4.69) is 14.9 Å². The van der Waals surface area contributed by atoms with E-state index in [1.165, 1.54) is 0 Å². The van der Waals surface area contributed by atoms with Gasteiger partial charge in [0, 0.05) is 17.9 Å². The van der Waals surface area contributed by atoms with Crippen LogP contribution in [0.4, 0.5) is 0 Å². The summed E-state index contributed by atoms with van der Waals surface area (Å²) in [5.41, 5.74) is 6.04. The molecule has 1 unspecified atom stereocenters. The minimum absolute atomic E-state index is 0.0417. The Bertz CT molecular complexity index is 465. The van der Waals surface area contributed by atoms with Crippen LogP contribution in [0.25, 0.3) is 0 Å². The zero-order valence-corrected chi connectivity index (χ0v) is 13.3. The van der Waals surface area contributed by atoms with Crippen LogP contribution in [0.3, 0.4) is 0 Å². The molecule has 1 rings (SSSR count). The van der Waals surface area contributed by atoms with Crippen LogP contribution in [0.2, 0.25) is 0 Å². The Morgan fingerprint density at radius 1 is 1.53 bits per heavy atom. The SMILES string of the molecule is CCC(CC(N)=S)NC(=O)c1snnc1C(C)(C)C. The van der Waals surface area contributed by atoms with Crippen molar-refractivity contribution in [1.29, 1.82) is 0 Å². The zero-order chi connectivity index (χ0) is 14.6. The van der Waals surface area contributed by atoms with E-state index in [1.807, 2.05) is 27.7 Å². The van der Waals surface area contributed by atoms with Gasteiger partial charge in [0.2, 0.25) is 0 Å².